The summed E-state index contributed by atoms with van der Waals surface area (Å²) in [6.45, 7) is 6.24. The maximum Gasteiger partial charge on any atom is 0.246 e. The molecule has 3 aromatic rings. The highest BCUT2D eigenvalue weighted by Gasteiger charge is 2.21. The summed E-state index contributed by atoms with van der Waals surface area (Å²) in [5.41, 5.74) is 1.38. The fourth-order valence-corrected chi connectivity index (χ4v) is 3.05. The first-order valence-corrected chi connectivity index (χ1v) is 10.7. The number of halogens is 1. The minimum absolute atomic E-state index is 0.0385. The Kier molecular flexibility index (Phi) is 8.73. The van der Waals surface area contributed by atoms with Crippen molar-refractivity contribution in [3.63, 3.8) is 0 Å². The van der Waals surface area contributed by atoms with Crippen molar-refractivity contribution in [3.8, 4) is 11.5 Å². The molecule has 3 N–H and O–H groups in total. The van der Waals surface area contributed by atoms with Crippen LogP contribution in [0.3, 0.4) is 0 Å². The molecule has 34 heavy (non-hydrogen) atoms. The minimum Gasteiger partial charge on any atom is -0.457 e. The number of rotatable bonds is 12. The van der Waals surface area contributed by atoms with Crippen molar-refractivity contribution in [2.75, 3.05) is 11.9 Å². The number of nitrogens with zero attached hydrogens (tertiary/aromatic N) is 3. The van der Waals surface area contributed by atoms with E-state index >= 15 is 0 Å². The second-order valence-electron chi connectivity index (χ2n) is 7.63. The van der Waals surface area contributed by atoms with Crippen LogP contribution in [0.25, 0.3) is 0 Å². The van der Waals surface area contributed by atoms with Crippen LogP contribution in [0.5, 0.6) is 11.5 Å². The van der Waals surface area contributed by atoms with E-state index in [9.17, 15) is 14.0 Å². The molecule has 0 aliphatic carbocycles. The summed E-state index contributed by atoms with van der Waals surface area (Å²) >= 11 is 0. The van der Waals surface area contributed by atoms with E-state index in [2.05, 4.69) is 32.6 Å². The molecule has 178 valence electrons. The summed E-state index contributed by atoms with van der Waals surface area (Å²) in [4.78, 5) is 29.1. The number of nitrogens with one attached hydrogen (secondary N) is 3. The van der Waals surface area contributed by atoms with E-state index in [1.165, 1.54) is 41.6 Å². The second kappa shape index (κ2) is 12.1. The van der Waals surface area contributed by atoms with Gasteiger partial charge >= 0.3 is 0 Å². The molecule has 0 aliphatic rings. The Labute approximate surface area is 197 Å². The van der Waals surface area contributed by atoms with Gasteiger partial charge in [-0.2, -0.15) is 5.10 Å². The van der Waals surface area contributed by atoms with E-state index in [1.54, 1.807) is 24.3 Å². The zero-order valence-corrected chi connectivity index (χ0v) is 18.8. The number of anilines is 1. The van der Waals surface area contributed by atoms with Crippen molar-refractivity contribution >= 4 is 17.5 Å². The molecule has 2 aromatic carbocycles. The van der Waals surface area contributed by atoms with E-state index in [4.69, 9.17) is 4.74 Å². The number of carbonyl (C=O) groups is 2. The number of hydrogen-bond donors (Lipinski definition) is 3. The lowest BCUT2D eigenvalue weighted by Crippen LogP contribution is -2.45. The predicted octanol–water partition coefficient (Wildman–Crippen LogP) is 3.24. The van der Waals surface area contributed by atoms with Gasteiger partial charge in [0.15, 0.2) is 0 Å². The fourth-order valence-electron chi connectivity index (χ4n) is 3.05. The average Bonchev–Trinajstić information content (AvgIpc) is 3.31. The molecule has 2 amide bonds. The SMILES string of the molecule is C=C(C)NCCC[C@H](NC(=O)Cn1cncn1)C(=O)Nc1ccc(Oc2ccc(F)cc2)cc1. The average molecular weight is 467 g/mol. The van der Waals surface area contributed by atoms with Crippen LogP contribution in [0, 0.1) is 5.82 Å². The van der Waals surface area contributed by atoms with Gasteiger partial charge in [-0.25, -0.2) is 14.1 Å². The molecule has 10 heteroatoms. The van der Waals surface area contributed by atoms with Crippen molar-refractivity contribution in [3.05, 3.63) is 79.3 Å². The topological polar surface area (TPSA) is 110 Å². The Morgan fingerprint density at radius 3 is 2.41 bits per heavy atom. The lowest BCUT2D eigenvalue weighted by atomic mass is 10.1. The van der Waals surface area contributed by atoms with E-state index in [0.717, 1.165) is 5.70 Å². The Balaban J connectivity index is 1.58. The number of carbonyl (C=O) groups excluding carboxylic acids is 2. The van der Waals surface area contributed by atoms with E-state index < -0.39 is 6.04 Å². The molecule has 3 rings (SSSR count). The number of hydrogen-bond acceptors (Lipinski definition) is 6. The second-order valence-corrected chi connectivity index (χ2v) is 7.63. The molecular weight excluding hydrogens is 439 g/mol. The molecule has 0 saturated carbocycles. The van der Waals surface area contributed by atoms with E-state index in [-0.39, 0.29) is 24.2 Å². The van der Waals surface area contributed by atoms with Gasteiger partial charge in [0, 0.05) is 17.9 Å². The molecule has 1 atom stereocenters. The predicted molar refractivity (Wildman–Crippen MR) is 126 cm³/mol. The van der Waals surface area contributed by atoms with Crippen LogP contribution in [-0.2, 0) is 16.1 Å². The monoisotopic (exact) mass is 466 g/mol. The number of aromatic nitrogens is 3. The summed E-state index contributed by atoms with van der Waals surface area (Å²) < 4.78 is 20.1. The van der Waals surface area contributed by atoms with Crippen LogP contribution in [0.4, 0.5) is 10.1 Å². The first kappa shape index (κ1) is 24.4. The van der Waals surface area contributed by atoms with Crippen LogP contribution < -0.4 is 20.7 Å². The van der Waals surface area contributed by atoms with E-state index in [1.807, 2.05) is 6.92 Å². The maximum absolute atomic E-state index is 13.0. The zero-order valence-electron chi connectivity index (χ0n) is 18.8. The fraction of sp³-hybridized carbons (Fsp3) is 0.250. The Morgan fingerprint density at radius 2 is 1.79 bits per heavy atom. The van der Waals surface area contributed by atoms with Crippen molar-refractivity contribution < 1.29 is 18.7 Å². The molecule has 0 bridgehead atoms. The van der Waals surface area contributed by atoms with Crippen molar-refractivity contribution in [2.45, 2.75) is 32.4 Å². The summed E-state index contributed by atoms with van der Waals surface area (Å²) in [5, 5.41) is 12.6. The molecule has 0 unspecified atom stereocenters. The Bertz CT molecular complexity index is 1080. The van der Waals surface area contributed by atoms with Crippen LogP contribution in [0.15, 0.2) is 73.5 Å². The standard InChI is InChI=1S/C24H27FN6O3/c1-17(2)27-13-3-4-22(30-23(32)14-31-16-26-15-28-31)24(33)29-19-7-11-21(12-8-19)34-20-9-5-18(25)6-10-20/h5-12,15-16,22,27H,1,3-4,13-14H2,2H3,(H,29,33)(H,30,32)/t22-/m0/s1. The van der Waals surface area contributed by atoms with E-state index in [0.29, 0.717) is 36.6 Å². The highest BCUT2D eigenvalue weighted by molar-refractivity contribution is 5.97. The van der Waals surface area contributed by atoms with Crippen LogP contribution in [-0.4, -0.2) is 39.2 Å². The van der Waals surface area contributed by atoms with Gasteiger partial charge < -0.3 is 20.7 Å². The third-order valence-corrected chi connectivity index (χ3v) is 4.69. The summed E-state index contributed by atoms with van der Waals surface area (Å²) in [5.74, 6) is 0.00431. The lowest BCUT2D eigenvalue weighted by Gasteiger charge is -2.19. The number of amides is 2. The highest BCUT2D eigenvalue weighted by atomic mass is 19.1. The number of allylic oxidation sites excluding steroid dienone is 1. The molecule has 1 heterocycles. The molecule has 0 radical (unpaired) electrons. The molecule has 9 nitrogen and oxygen atoms in total. The quantitative estimate of drug-likeness (QED) is 0.354. The summed E-state index contributed by atoms with van der Waals surface area (Å²) in [7, 11) is 0. The summed E-state index contributed by atoms with van der Waals surface area (Å²) in [6, 6.07) is 11.7. The molecular formula is C24H27FN6O3. The van der Waals surface area contributed by atoms with Gasteiger partial charge in [-0.05, 0) is 68.3 Å². The first-order chi connectivity index (χ1) is 16.4. The Morgan fingerprint density at radius 1 is 1.12 bits per heavy atom. The lowest BCUT2D eigenvalue weighted by molar-refractivity contribution is -0.127. The van der Waals surface area contributed by atoms with Gasteiger partial charge in [0.1, 0.15) is 42.6 Å². The third-order valence-electron chi connectivity index (χ3n) is 4.69. The normalized spacial score (nSPS) is 11.4. The molecule has 0 spiro atoms. The summed E-state index contributed by atoms with van der Waals surface area (Å²) in [6.07, 6.45) is 3.85. The largest absolute Gasteiger partial charge is 0.457 e. The third kappa shape index (κ3) is 8.05. The zero-order chi connectivity index (χ0) is 24.3. The minimum atomic E-state index is -0.738. The number of ether oxygens (including phenoxy) is 1. The van der Waals surface area contributed by atoms with Crippen molar-refractivity contribution in [1.82, 2.24) is 25.4 Å². The van der Waals surface area contributed by atoms with Gasteiger partial charge in [0.05, 0.1) is 0 Å². The molecule has 0 aliphatic heterocycles. The van der Waals surface area contributed by atoms with Gasteiger partial charge in [0.2, 0.25) is 11.8 Å². The van der Waals surface area contributed by atoms with Crippen LogP contribution >= 0.6 is 0 Å². The smallest absolute Gasteiger partial charge is 0.246 e. The van der Waals surface area contributed by atoms with Gasteiger partial charge in [-0.1, -0.05) is 6.58 Å². The highest BCUT2D eigenvalue weighted by Crippen LogP contribution is 2.23. The van der Waals surface area contributed by atoms with Crippen LogP contribution in [0.2, 0.25) is 0 Å². The van der Waals surface area contributed by atoms with Crippen molar-refractivity contribution in [1.29, 1.82) is 0 Å². The first-order valence-electron chi connectivity index (χ1n) is 10.7. The van der Waals surface area contributed by atoms with Gasteiger partial charge in [-0.3, -0.25) is 9.59 Å². The maximum atomic E-state index is 13.0. The van der Waals surface area contributed by atoms with Crippen LogP contribution in [0.1, 0.15) is 19.8 Å². The molecule has 0 fully saturated rings. The van der Waals surface area contributed by atoms with Gasteiger partial charge in [0.25, 0.3) is 0 Å². The van der Waals surface area contributed by atoms with Crippen molar-refractivity contribution in [2.24, 2.45) is 0 Å². The Hall–Kier alpha value is -4.21. The molecule has 0 saturated heterocycles. The molecule has 1 aromatic heterocycles. The van der Waals surface area contributed by atoms with Gasteiger partial charge in [-0.15, -0.1) is 0 Å². The number of benzene rings is 2.